The molecule has 3 aromatic heterocycles. The van der Waals surface area contributed by atoms with Gasteiger partial charge in [0.15, 0.2) is 0 Å². The lowest BCUT2D eigenvalue weighted by Crippen LogP contribution is -2.36. The average molecular weight is 514 g/mol. The van der Waals surface area contributed by atoms with Crippen LogP contribution in [0.2, 0.25) is 0 Å². The molecule has 0 atom stereocenters. The van der Waals surface area contributed by atoms with Crippen molar-refractivity contribution in [1.29, 1.82) is 0 Å². The Morgan fingerprint density at radius 3 is 2.63 bits per heavy atom. The fourth-order valence-electron chi connectivity index (χ4n) is 5.09. The number of nitrogens with zero attached hydrogens (tertiary/aromatic N) is 7. The molecule has 2 N–H and O–H groups in total. The van der Waals surface area contributed by atoms with Crippen LogP contribution in [0.3, 0.4) is 0 Å². The van der Waals surface area contributed by atoms with Crippen LogP contribution < -0.4 is 11.0 Å². The van der Waals surface area contributed by atoms with Gasteiger partial charge in [0.2, 0.25) is 5.82 Å². The van der Waals surface area contributed by atoms with Crippen molar-refractivity contribution in [3.05, 3.63) is 88.5 Å². The quantitative estimate of drug-likeness (QED) is 0.331. The standard InChI is InChI=1S/C28H35N9O/c1-5-7-11-23-18-35(26-24(20(3)4)17-30-37(26)6-2)27(38)36(23)19-28(12-14-29-15-13-28)22-10-8-9-21(16-22)25-31-33-34-32-25/h8-10,12-18,20,29H,5-7,11,19H2,1-4H3,(H,31,32,33,34). The molecule has 4 heterocycles. The first-order valence-electron chi connectivity index (χ1n) is 13.3. The highest BCUT2D eigenvalue weighted by atomic mass is 16.1. The zero-order valence-corrected chi connectivity index (χ0v) is 22.4. The SMILES string of the molecule is CCCCc1cn(-c2c(C(C)C)cnn2CC)c(=O)n1CC1(c2cccc(-c3nn[nH]n3)c2)C=CNC=C1. The molecule has 38 heavy (non-hydrogen) atoms. The maximum absolute atomic E-state index is 14.2. The normalized spacial score (nSPS) is 14.3. The van der Waals surface area contributed by atoms with Crippen LogP contribution in [-0.2, 0) is 24.9 Å². The third-order valence-electron chi connectivity index (χ3n) is 7.21. The zero-order valence-electron chi connectivity index (χ0n) is 22.4. The molecular weight excluding hydrogens is 478 g/mol. The van der Waals surface area contributed by atoms with Gasteiger partial charge in [-0.2, -0.15) is 10.3 Å². The van der Waals surface area contributed by atoms with Crippen LogP contribution in [0, 0.1) is 0 Å². The Morgan fingerprint density at radius 1 is 1.13 bits per heavy atom. The van der Waals surface area contributed by atoms with Crippen LogP contribution in [0.5, 0.6) is 0 Å². The summed E-state index contributed by atoms with van der Waals surface area (Å²) in [4.78, 5) is 14.2. The number of H-pyrrole nitrogens is 1. The number of nitrogens with one attached hydrogen (secondary N) is 2. The zero-order chi connectivity index (χ0) is 26.7. The largest absolute Gasteiger partial charge is 0.368 e. The molecule has 5 rings (SSSR count). The minimum atomic E-state index is -0.548. The summed E-state index contributed by atoms with van der Waals surface area (Å²) in [5.41, 5.74) is 3.38. The molecule has 10 heteroatoms. The highest BCUT2D eigenvalue weighted by molar-refractivity contribution is 5.57. The van der Waals surface area contributed by atoms with Crippen LogP contribution in [0.4, 0.5) is 0 Å². The van der Waals surface area contributed by atoms with Gasteiger partial charge in [-0.05, 0) is 54.9 Å². The Hall–Kier alpha value is -4.21. The van der Waals surface area contributed by atoms with Crippen molar-refractivity contribution in [2.45, 2.75) is 71.4 Å². The lowest BCUT2D eigenvalue weighted by atomic mass is 9.78. The van der Waals surface area contributed by atoms with Gasteiger partial charge < -0.3 is 5.32 Å². The van der Waals surface area contributed by atoms with Crippen LogP contribution in [0.1, 0.15) is 63.3 Å². The third-order valence-corrected chi connectivity index (χ3v) is 7.21. The van der Waals surface area contributed by atoms with Gasteiger partial charge in [-0.15, -0.1) is 10.2 Å². The maximum Gasteiger partial charge on any atom is 0.334 e. The lowest BCUT2D eigenvalue weighted by molar-refractivity contribution is 0.495. The van der Waals surface area contributed by atoms with Crippen molar-refractivity contribution in [3.8, 4) is 17.2 Å². The number of hydrogen-bond acceptors (Lipinski definition) is 6. The van der Waals surface area contributed by atoms with Crippen molar-refractivity contribution in [3.63, 3.8) is 0 Å². The van der Waals surface area contributed by atoms with E-state index in [4.69, 9.17) is 0 Å². The topological polar surface area (TPSA) is 111 Å². The Labute approximate surface area is 222 Å². The summed E-state index contributed by atoms with van der Waals surface area (Å²) in [7, 11) is 0. The number of hydrogen-bond donors (Lipinski definition) is 2. The highest BCUT2D eigenvalue weighted by Gasteiger charge is 2.32. The molecule has 0 saturated carbocycles. The van der Waals surface area contributed by atoms with E-state index in [1.807, 2.05) is 46.2 Å². The molecule has 4 aromatic rings. The van der Waals surface area contributed by atoms with Crippen LogP contribution in [-0.4, -0.2) is 39.5 Å². The van der Waals surface area contributed by atoms with E-state index < -0.39 is 5.41 Å². The number of unbranched alkanes of at least 4 members (excludes halogenated alkanes) is 1. The van der Waals surface area contributed by atoms with Gasteiger partial charge in [0.05, 0.1) is 11.6 Å². The Balaban J connectivity index is 1.65. The maximum atomic E-state index is 14.2. The molecule has 0 radical (unpaired) electrons. The smallest absolute Gasteiger partial charge is 0.334 e. The van der Waals surface area contributed by atoms with Gasteiger partial charge in [0.1, 0.15) is 5.82 Å². The molecule has 198 valence electrons. The molecular formula is C28H35N9O. The average Bonchev–Trinajstić information content (AvgIpc) is 3.68. The molecule has 0 bridgehead atoms. The summed E-state index contributed by atoms with van der Waals surface area (Å²) in [6, 6.07) is 8.11. The van der Waals surface area contributed by atoms with Crippen molar-refractivity contribution in [2.24, 2.45) is 0 Å². The number of benzene rings is 1. The number of imidazole rings is 1. The second kappa shape index (κ2) is 10.6. The lowest BCUT2D eigenvalue weighted by Gasteiger charge is -2.31. The second-order valence-corrected chi connectivity index (χ2v) is 10.0. The number of aryl methyl sites for hydroxylation is 2. The van der Waals surface area contributed by atoms with E-state index in [-0.39, 0.29) is 11.6 Å². The molecule has 10 nitrogen and oxygen atoms in total. The number of aromatic amines is 1. The fraction of sp³-hybridized carbons (Fsp3) is 0.393. The monoisotopic (exact) mass is 513 g/mol. The van der Waals surface area contributed by atoms with Crippen molar-refractivity contribution >= 4 is 0 Å². The molecule has 0 fully saturated rings. The van der Waals surface area contributed by atoms with E-state index in [2.05, 4.69) is 83.0 Å². The van der Waals surface area contributed by atoms with Gasteiger partial charge >= 0.3 is 5.69 Å². The summed E-state index contributed by atoms with van der Waals surface area (Å²) in [6.45, 7) is 9.64. The fourth-order valence-corrected chi connectivity index (χ4v) is 5.09. The number of tetrazole rings is 1. The van der Waals surface area contributed by atoms with Crippen molar-refractivity contribution in [2.75, 3.05) is 0 Å². The predicted molar refractivity (Wildman–Crippen MR) is 147 cm³/mol. The molecule has 1 aliphatic heterocycles. The predicted octanol–water partition coefficient (Wildman–Crippen LogP) is 4.07. The first kappa shape index (κ1) is 25.4. The van der Waals surface area contributed by atoms with Gasteiger partial charge in [-0.1, -0.05) is 57.5 Å². The van der Waals surface area contributed by atoms with Gasteiger partial charge in [0.25, 0.3) is 0 Å². The van der Waals surface area contributed by atoms with Gasteiger partial charge in [-0.3, -0.25) is 9.13 Å². The van der Waals surface area contributed by atoms with E-state index in [1.54, 1.807) is 4.57 Å². The summed E-state index contributed by atoms with van der Waals surface area (Å²) in [5.74, 6) is 1.63. The molecule has 0 unspecified atom stereocenters. The molecule has 0 amide bonds. The summed E-state index contributed by atoms with van der Waals surface area (Å²) in [5, 5.41) is 22.3. The van der Waals surface area contributed by atoms with E-state index in [9.17, 15) is 4.79 Å². The van der Waals surface area contributed by atoms with Crippen LogP contribution in [0.25, 0.3) is 17.2 Å². The summed E-state index contributed by atoms with van der Waals surface area (Å²) in [6.07, 6.45) is 14.9. The Bertz CT molecular complexity index is 1490. The number of allylic oxidation sites excluding steroid dienone is 2. The summed E-state index contributed by atoms with van der Waals surface area (Å²) < 4.78 is 5.65. The van der Waals surface area contributed by atoms with Gasteiger partial charge in [-0.25, -0.2) is 9.48 Å². The van der Waals surface area contributed by atoms with Crippen LogP contribution >= 0.6 is 0 Å². The molecule has 1 aliphatic rings. The molecule has 0 aliphatic carbocycles. The first-order chi connectivity index (χ1) is 18.5. The van der Waals surface area contributed by atoms with E-state index >= 15 is 0 Å². The molecule has 1 aromatic carbocycles. The number of rotatable bonds is 10. The minimum Gasteiger partial charge on any atom is -0.368 e. The third kappa shape index (κ3) is 4.62. The van der Waals surface area contributed by atoms with E-state index in [0.717, 1.165) is 47.5 Å². The summed E-state index contributed by atoms with van der Waals surface area (Å²) >= 11 is 0. The van der Waals surface area contributed by atoms with Crippen molar-refractivity contribution < 1.29 is 0 Å². The van der Waals surface area contributed by atoms with Gasteiger partial charge in [0, 0.05) is 36.1 Å². The Kier molecular flexibility index (Phi) is 7.13. The minimum absolute atomic E-state index is 0.0535. The molecule has 0 saturated heterocycles. The number of dihydropyridines is 1. The Morgan fingerprint density at radius 2 is 1.95 bits per heavy atom. The van der Waals surface area contributed by atoms with E-state index in [1.165, 1.54) is 0 Å². The second-order valence-electron chi connectivity index (χ2n) is 10.0. The van der Waals surface area contributed by atoms with Crippen LogP contribution in [0.15, 0.2) is 66.0 Å². The highest BCUT2D eigenvalue weighted by Crippen LogP contribution is 2.34. The van der Waals surface area contributed by atoms with Crippen molar-refractivity contribution in [1.82, 2.24) is 44.9 Å². The van der Waals surface area contributed by atoms with E-state index in [0.29, 0.717) is 18.9 Å². The first-order valence-corrected chi connectivity index (χ1v) is 13.3. The number of aromatic nitrogens is 8. The molecule has 0 spiro atoms.